The Morgan fingerprint density at radius 3 is 1.49 bits per heavy atom. The molecular weight excluding hydrogens is 532 g/mol. The third kappa shape index (κ3) is 4.90. The van der Waals surface area contributed by atoms with Crippen LogP contribution in [0.4, 0.5) is 0 Å². The third-order valence-electron chi connectivity index (χ3n) is 7.04. The minimum atomic E-state index is -0.626. The van der Waals surface area contributed by atoms with Crippen molar-refractivity contribution in [1.29, 1.82) is 0 Å². The fraction of sp³-hybridized carbons (Fsp3) is 0.323. The van der Waals surface area contributed by atoms with Crippen LogP contribution in [0.25, 0.3) is 6.08 Å². The highest BCUT2D eigenvalue weighted by Gasteiger charge is 2.42. The maximum Gasteiger partial charge on any atom is 0.203 e. The molecule has 0 aliphatic heterocycles. The first kappa shape index (κ1) is 29.3. The second-order valence-corrected chi connectivity index (χ2v) is 8.88. The molecule has 0 aromatic heterocycles. The number of fused-ring (bicyclic) bond motifs is 1. The Labute approximate surface area is 239 Å². The Bertz CT molecular complexity index is 1470. The molecule has 1 unspecified atom stereocenters. The van der Waals surface area contributed by atoms with Crippen LogP contribution in [0.15, 0.2) is 35.9 Å². The molecule has 0 amide bonds. The van der Waals surface area contributed by atoms with Gasteiger partial charge in [0.05, 0.1) is 64.0 Å². The van der Waals surface area contributed by atoms with Crippen LogP contribution in [0, 0.1) is 0 Å². The summed E-state index contributed by atoms with van der Waals surface area (Å²) in [6, 6.07) is 8.75. The lowest BCUT2D eigenvalue weighted by Crippen LogP contribution is -2.06. The van der Waals surface area contributed by atoms with Crippen LogP contribution in [0.1, 0.15) is 33.0 Å². The van der Waals surface area contributed by atoms with Gasteiger partial charge in [0.25, 0.3) is 0 Å². The molecular formula is C31H34O10. The van der Waals surface area contributed by atoms with Crippen molar-refractivity contribution in [2.75, 3.05) is 64.0 Å². The maximum absolute atomic E-state index is 14.2. The molecule has 10 nitrogen and oxygen atoms in total. The number of allylic oxidation sites excluding steroid dienone is 1. The van der Waals surface area contributed by atoms with Crippen molar-refractivity contribution in [3.8, 4) is 51.7 Å². The minimum absolute atomic E-state index is 0.227. The molecule has 0 saturated carbocycles. The fourth-order valence-electron chi connectivity index (χ4n) is 5.19. The summed E-state index contributed by atoms with van der Waals surface area (Å²) < 4.78 is 50.5. The van der Waals surface area contributed by atoms with Crippen molar-refractivity contribution in [2.45, 2.75) is 5.92 Å². The van der Waals surface area contributed by atoms with E-state index in [1.165, 1.54) is 42.7 Å². The van der Waals surface area contributed by atoms with E-state index >= 15 is 0 Å². The Kier molecular flexibility index (Phi) is 8.71. The van der Waals surface area contributed by atoms with Gasteiger partial charge in [-0.3, -0.25) is 4.79 Å². The summed E-state index contributed by atoms with van der Waals surface area (Å²) in [4.78, 5) is 14.2. The van der Waals surface area contributed by atoms with Crippen molar-refractivity contribution in [3.63, 3.8) is 0 Å². The number of ketones is 1. The van der Waals surface area contributed by atoms with E-state index in [4.69, 9.17) is 42.6 Å². The van der Waals surface area contributed by atoms with Gasteiger partial charge in [0.2, 0.25) is 11.5 Å². The molecule has 1 aliphatic rings. The number of hydrogen-bond donors (Lipinski definition) is 0. The second kappa shape index (κ2) is 12.2. The van der Waals surface area contributed by atoms with Crippen LogP contribution in [-0.2, 0) is 0 Å². The number of carbonyl (C=O) groups is 1. The number of hydrogen-bond acceptors (Lipinski definition) is 10. The van der Waals surface area contributed by atoms with Gasteiger partial charge in [0.1, 0.15) is 5.75 Å². The molecule has 1 atom stereocenters. The monoisotopic (exact) mass is 566 g/mol. The lowest BCUT2D eigenvalue weighted by Gasteiger charge is -2.22. The van der Waals surface area contributed by atoms with E-state index in [-0.39, 0.29) is 5.78 Å². The van der Waals surface area contributed by atoms with Gasteiger partial charge in [-0.15, -0.1) is 0 Å². The Morgan fingerprint density at radius 2 is 1.00 bits per heavy atom. The number of ether oxygens (including phenoxy) is 9. The van der Waals surface area contributed by atoms with Crippen LogP contribution >= 0.6 is 0 Å². The summed E-state index contributed by atoms with van der Waals surface area (Å²) >= 11 is 0. The number of methoxy groups -OCH3 is 9. The van der Waals surface area contributed by atoms with Crippen molar-refractivity contribution < 1.29 is 47.4 Å². The van der Waals surface area contributed by atoms with Gasteiger partial charge in [0.15, 0.2) is 40.3 Å². The van der Waals surface area contributed by atoms with Crippen LogP contribution in [0.2, 0.25) is 0 Å². The molecule has 4 rings (SSSR count). The van der Waals surface area contributed by atoms with E-state index < -0.39 is 5.92 Å². The summed E-state index contributed by atoms with van der Waals surface area (Å²) in [5.74, 6) is 3.01. The first-order valence-corrected chi connectivity index (χ1v) is 12.5. The van der Waals surface area contributed by atoms with E-state index in [0.717, 1.165) is 0 Å². The maximum atomic E-state index is 14.2. The third-order valence-corrected chi connectivity index (χ3v) is 7.04. The largest absolute Gasteiger partial charge is 0.496 e. The molecule has 218 valence electrons. The van der Waals surface area contributed by atoms with Gasteiger partial charge < -0.3 is 42.6 Å². The van der Waals surface area contributed by atoms with E-state index in [9.17, 15) is 4.79 Å². The standard InChI is InChI=1S/C31H34O10/c1-33-20-15-22(35-3)21(34-2)11-16(20)10-18-26(17-12-23(36-4)29(39-7)24(13-17)37-5)27-19(28(18)32)14-25(38-6)30(40-8)31(27)41-9/h10-15,26H,1-9H3. The van der Waals surface area contributed by atoms with Crippen LogP contribution in [-0.4, -0.2) is 69.8 Å². The smallest absolute Gasteiger partial charge is 0.203 e. The zero-order valence-corrected chi connectivity index (χ0v) is 24.6. The highest BCUT2D eigenvalue weighted by molar-refractivity contribution is 6.18. The van der Waals surface area contributed by atoms with Crippen LogP contribution in [0.3, 0.4) is 0 Å². The molecule has 3 aromatic rings. The molecule has 10 heteroatoms. The molecule has 41 heavy (non-hydrogen) atoms. The first-order valence-electron chi connectivity index (χ1n) is 12.5. The van der Waals surface area contributed by atoms with Gasteiger partial charge in [0, 0.05) is 34.2 Å². The average Bonchev–Trinajstić information content (AvgIpc) is 3.28. The van der Waals surface area contributed by atoms with Crippen molar-refractivity contribution in [1.82, 2.24) is 0 Å². The molecule has 0 N–H and O–H groups in total. The van der Waals surface area contributed by atoms with Gasteiger partial charge in [-0.05, 0) is 35.9 Å². The highest BCUT2D eigenvalue weighted by Crippen LogP contribution is 2.55. The Hall–Kier alpha value is -4.73. The van der Waals surface area contributed by atoms with Crippen molar-refractivity contribution in [3.05, 3.63) is 58.2 Å². The summed E-state index contributed by atoms with van der Waals surface area (Å²) in [5.41, 5.74) is 2.76. The predicted octanol–water partition coefficient (Wildman–Crippen LogP) is 5.18. The summed E-state index contributed by atoms with van der Waals surface area (Å²) in [5, 5.41) is 0. The lowest BCUT2D eigenvalue weighted by molar-refractivity contribution is 0.103. The SMILES string of the molecule is COc1cc(OC)c(OC)cc1C=C1C(=O)c2cc(OC)c(OC)c(OC)c2C1c1cc(OC)c(OC)c(OC)c1. The van der Waals surface area contributed by atoms with E-state index in [2.05, 4.69) is 0 Å². The van der Waals surface area contributed by atoms with E-state index in [0.29, 0.717) is 79.6 Å². The molecule has 0 fully saturated rings. The highest BCUT2D eigenvalue weighted by atomic mass is 16.5. The van der Waals surface area contributed by atoms with E-state index in [1.54, 1.807) is 45.6 Å². The Balaban J connectivity index is 2.11. The molecule has 0 saturated heterocycles. The van der Waals surface area contributed by atoms with Crippen LogP contribution < -0.4 is 42.6 Å². The lowest BCUT2D eigenvalue weighted by atomic mass is 9.87. The summed E-state index contributed by atoms with van der Waals surface area (Å²) in [6.45, 7) is 0. The van der Waals surface area contributed by atoms with Crippen LogP contribution in [0.5, 0.6) is 51.7 Å². The average molecular weight is 567 g/mol. The van der Waals surface area contributed by atoms with Gasteiger partial charge in [-0.2, -0.15) is 0 Å². The Morgan fingerprint density at radius 1 is 0.512 bits per heavy atom. The van der Waals surface area contributed by atoms with Crippen molar-refractivity contribution >= 4 is 11.9 Å². The molecule has 0 radical (unpaired) electrons. The number of rotatable bonds is 11. The first-order chi connectivity index (χ1) is 19.8. The molecule has 3 aromatic carbocycles. The fourth-order valence-corrected chi connectivity index (χ4v) is 5.19. The van der Waals surface area contributed by atoms with Gasteiger partial charge >= 0.3 is 0 Å². The predicted molar refractivity (Wildman–Crippen MR) is 152 cm³/mol. The van der Waals surface area contributed by atoms with Crippen molar-refractivity contribution in [2.24, 2.45) is 0 Å². The zero-order valence-electron chi connectivity index (χ0n) is 24.6. The van der Waals surface area contributed by atoms with E-state index in [1.807, 2.05) is 12.1 Å². The van der Waals surface area contributed by atoms with Gasteiger partial charge in [-0.25, -0.2) is 0 Å². The summed E-state index contributed by atoms with van der Waals surface area (Å²) in [7, 11) is 13.8. The molecule has 0 heterocycles. The number of Topliss-reactive ketones (excluding diaryl/α,β-unsaturated/α-hetero) is 1. The topological polar surface area (TPSA) is 100 Å². The molecule has 1 aliphatic carbocycles. The summed E-state index contributed by atoms with van der Waals surface area (Å²) in [6.07, 6.45) is 1.77. The molecule has 0 spiro atoms. The normalized spacial score (nSPS) is 14.8. The second-order valence-electron chi connectivity index (χ2n) is 8.88. The zero-order chi connectivity index (χ0) is 29.8. The molecule has 0 bridgehead atoms. The number of carbonyl (C=O) groups excluding carboxylic acids is 1. The minimum Gasteiger partial charge on any atom is -0.496 e. The number of benzene rings is 3. The quantitative estimate of drug-likeness (QED) is 0.289. The van der Waals surface area contributed by atoms with Gasteiger partial charge in [-0.1, -0.05) is 0 Å².